The third-order valence-corrected chi connectivity index (χ3v) is 9.75. The van der Waals surface area contributed by atoms with Crippen LogP contribution in [0.3, 0.4) is 0 Å². The van der Waals surface area contributed by atoms with Crippen LogP contribution in [0.15, 0.2) is 48.6 Å². The number of allylic oxidation sites excluding steroid dienone is 8. The van der Waals surface area contributed by atoms with Gasteiger partial charge in [-0.3, -0.25) is 0 Å². The molecule has 0 aromatic heterocycles. The van der Waals surface area contributed by atoms with Gasteiger partial charge in [0.15, 0.2) is 0 Å². The molecule has 0 amide bonds. The molecule has 0 saturated carbocycles. The summed E-state index contributed by atoms with van der Waals surface area (Å²) in [6, 6.07) is 0. The molecule has 5 nitrogen and oxygen atoms in total. The molecular formula is C46H85NO4. The van der Waals surface area contributed by atoms with E-state index in [9.17, 15) is 0 Å². The summed E-state index contributed by atoms with van der Waals surface area (Å²) in [5.74, 6) is 0. The molecule has 0 radical (unpaired) electrons. The zero-order valence-corrected chi connectivity index (χ0v) is 34.0. The van der Waals surface area contributed by atoms with E-state index in [0.717, 1.165) is 58.5 Å². The summed E-state index contributed by atoms with van der Waals surface area (Å²) >= 11 is 0. The van der Waals surface area contributed by atoms with Gasteiger partial charge in [-0.05, 0) is 103 Å². The van der Waals surface area contributed by atoms with Gasteiger partial charge in [0.2, 0.25) is 0 Å². The van der Waals surface area contributed by atoms with Gasteiger partial charge in [0.1, 0.15) is 13.6 Å². The maximum absolute atomic E-state index is 6.15. The highest BCUT2D eigenvalue weighted by Gasteiger charge is 2.17. The van der Waals surface area contributed by atoms with Gasteiger partial charge in [-0.1, -0.05) is 146 Å². The molecule has 1 unspecified atom stereocenters. The first-order chi connectivity index (χ1) is 25.4. The molecule has 0 N–H and O–H groups in total. The molecule has 0 aromatic rings. The maximum Gasteiger partial charge on any atom is 0.147 e. The van der Waals surface area contributed by atoms with Crippen LogP contribution in [0.4, 0.5) is 0 Å². The number of rotatable bonds is 39. The zero-order valence-electron chi connectivity index (χ0n) is 34.0. The van der Waals surface area contributed by atoms with Gasteiger partial charge in [-0.25, -0.2) is 0 Å². The van der Waals surface area contributed by atoms with Crippen LogP contribution in [-0.4, -0.2) is 64.0 Å². The summed E-state index contributed by atoms with van der Waals surface area (Å²) in [4.78, 5) is 2.52. The van der Waals surface area contributed by atoms with Gasteiger partial charge < -0.3 is 23.8 Å². The second-order valence-electron chi connectivity index (χ2n) is 14.7. The summed E-state index contributed by atoms with van der Waals surface area (Å²) in [5, 5.41) is 0. The largest absolute Gasteiger partial charge is 0.355 e. The molecule has 0 aromatic carbocycles. The second kappa shape index (κ2) is 41.5. The lowest BCUT2D eigenvalue weighted by Gasteiger charge is -2.30. The molecule has 1 saturated heterocycles. The highest BCUT2D eigenvalue weighted by molar-refractivity contribution is 4.93. The van der Waals surface area contributed by atoms with Crippen molar-refractivity contribution in [1.82, 2.24) is 4.90 Å². The summed E-state index contributed by atoms with van der Waals surface area (Å²) in [6.07, 6.45) is 53.0. The van der Waals surface area contributed by atoms with Gasteiger partial charge in [-0.15, -0.1) is 0 Å². The fourth-order valence-electron chi connectivity index (χ4n) is 6.47. The molecule has 1 fully saturated rings. The molecule has 1 aliphatic rings. The predicted molar refractivity (Wildman–Crippen MR) is 221 cm³/mol. The number of hydrogen-bond acceptors (Lipinski definition) is 5. The van der Waals surface area contributed by atoms with E-state index in [4.69, 9.17) is 18.9 Å². The van der Waals surface area contributed by atoms with Gasteiger partial charge in [0, 0.05) is 19.8 Å². The number of nitrogens with zero attached hydrogens (tertiary/aromatic N) is 1. The normalized spacial score (nSPS) is 15.1. The Hall–Kier alpha value is -1.24. The van der Waals surface area contributed by atoms with E-state index in [1.165, 1.54) is 148 Å². The fourth-order valence-corrected chi connectivity index (χ4v) is 6.47. The summed E-state index contributed by atoms with van der Waals surface area (Å²) in [7, 11) is 0. The molecule has 1 atom stereocenters. The first-order valence-electron chi connectivity index (χ1n) is 22.0. The summed E-state index contributed by atoms with van der Waals surface area (Å²) < 4.78 is 23.7. The van der Waals surface area contributed by atoms with E-state index < -0.39 is 0 Å². The van der Waals surface area contributed by atoms with Crippen LogP contribution >= 0.6 is 0 Å². The third kappa shape index (κ3) is 36.9. The standard InChI is InChI=1S/C46H85NO4/c1-3-5-7-9-11-13-15-17-19-21-23-25-27-29-31-36-40-48-44-50-43-46(42-47-38-34-33-35-39-47)51-45-49-41-37-32-30-28-26-24-22-20-18-16-14-12-10-8-6-4-2/h11-14,17-20,46H,3-10,15-16,21-45H2,1-2H3/b13-11-,14-12-,19-17-,20-18-. The third-order valence-electron chi connectivity index (χ3n) is 9.75. The van der Waals surface area contributed by atoms with Crippen LogP contribution in [0.1, 0.15) is 187 Å². The van der Waals surface area contributed by atoms with Crippen molar-refractivity contribution in [2.75, 3.05) is 53.0 Å². The maximum atomic E-state index is 6.15. The second-order valence-corrected chi connectivity index (χ2v) is 14.7. The molecule has 5 heteroatoms. The van der Waals surface area contributed by atoms with Crippen LogP contribution in [0.25, 0.3) is 0 Å². The minimum atomic E-state index is 0.0319. The van der Waals surface area contributed by atoms with Crippen molar-refractivity contribution >= 4 is 0 Å². The van der Waals surface area contributed by atoms with E-state index in [1.807, 2.05) is 0 Å². The van der Waals surface area contributed by atoms with E-state index >= 15 is 0 Å². The Morgan fingerprint density at radius 3 is 1.37 bits per heavy atom. The zero-order chi connectivity index (χ0) is 36.4. The van der Waals surface area contributed by atoms with Crippen LogP contribution < -0.4 is 0 Å². The highest BCUT2D eigenvalue weighted by atomic mass is 16.7. The Labute approximate surface area is 318 Å². The van der Waals surface area contributed by atoms with Gasteiger partial charge in [0.05, 0.1) is 12.7 Å². The molecule has 51 heavy (non-hydrogen) atoms. The van der Waals surface area contributed by atoms with E-state index in [0.29, 0.717) is 20.2 Å². The minimum absolute atomic E-state index is 0.0319. The number of likely N-dealkylation sites (tertiary alicyclic amines) is 1. The Balaban J connectivity index is 1.97. The first-order valence-corrected chi connectivity index (χ1v) is 22.0. The van der Waals surface area contributed by atoms with E-state index in [1.54, 1.807) is 0 Å². The lowest BCUT2D eigenvalue weighted by molar-refractivity contribution is -0.139. The summed E-state index contributed by atoms with van der Waals surface area (Å²) in [5.41, 5.74) is 0. The number of ether oxygens (including phenoxy) is 4. The fraction of sp³-hybridized carbons (Fsp3) is 0.826. The van der Waals surface area contributed by atoms with Crippen molar-refractivity contribution in [2.45, 2.75) is 193 Å². The van der Waals surface area contributed by atoms with Gasteiger partial charge >= 0.3 is 0 Å². The quantitative estimate of drug-likeness (QED) is 0.0360. The van der Waals surface area contributed by atoms with Crippen LogP contribution in [-0.2, 0) is 18.9 Å². The van der Waals surface area contributed by atoms with Crippen molar-refractivity contribution in [3.05, 3.63) is 48.6 Å². The van der Waals surface area contributed by atoms with Crippen molar-refractivity contribution in [3.63, 3.8) is 0 Å². The van der Waals surface area contributed by atoms with Crippen LogP contribution in [0.5, 0.6) is 0 Å². The Morgan fingerprint density at radius 1 is 0.451 bits per heavy atom. The van der Waals surface area contributed by atoms with Gasteiger partial charge in [-0.2, -0.15) is 0 Å². The smallest absolute Gasteiger partial charge is 0.147 e. The summed E-state index contributed by atoms with van der Waals surface area (Å²) in [6.45, 7) is 10.6. The first kappa shape index (κ1) is 47.8. The SMILES string of the molecule is CCCCC/C=C\C/C=C\CCCCCCCCOCOCC(CN1CCCCC1)OCOCCCCCCCC/C=C\C/C=C\CCCCC. The van der Waals surface area contributed by atoms with Crippen molar-refractivity contribution in [3.8, 4) is 0 Å². The number of hydrogen-bond donors (Lipinski definition) is 0. The Bertz CT molecular complexity index is 788. The molecule has 298 valence electrons. The number of unbranched alkanes of at least 4 members (excludes halogenated alkanes) is 18. The van der Waals surface area contributed by atoms with E-state index in [-0.39, 0.29) is 6.10 Å². The monoisotopic (exact) mass is 716 g/mol. The average molecular weight is 716 g/mol. The molecular weight excluding hydrogens is 631 g/mol. The lowest BCUT2D eigenvalue weighted by atomic mass is 10.1. The Morgan fingerprint density at radius 2 is 0.882 bits per heavy atom. The minimum Gasteiger partial charge on any atom is -0.355 e. The molecule has 0 bridgehead atoms. The topological polar surface area (TPSA) is 40.2 Å². The average Bonchev–Trinajstić information content (AvgIpc) is 3.15. The van der Waals surface area contributed by atoms with Crippen LogP contribution in [0, 0.1) is 0 Å². The molecule has 1 aliphatic heterocycles. The van der Waals surface area contributed by atoms with Gasteiger partial charge in [0.25, 0.3) is 0 Å². The molecule has 0 aliphatic carbocycles. The number of piperidine rings is 1. The van der Waals surface area contributed by atoms with Crippen molar-refractivity contribution in [1.29, 1.82) is 0 Å². The van der Waals surface area contributed by atoms with E-state index in [2.05, 4.69) is 67.4 Å². The molecule has 1 rings (SSSR count). The molecule has 0 spiro atoms. The van der Waals surface area contributed by atoms with Crippen molar-refractivity contribution < 1.29 is 18.9 Å². The lowest BCUT2D eigenvalue weighted by Crippen LogP contribution is -2.40. The van der Waals surface area contributed by atoms with Crippen LogP contribution in [0.2, 0.25) is 0 Å². The Kier molecular flexibility index (Phi) is 38.9. The van der Waals surface area contributed by atoms with Crippen molar-refractivity contribution in [2.24, 2.45) is 0 Å². The molecule has 1 heterocycles. The highest BCUT2D eigenvalue weighted by Crippen LogP contribution is 2.12. The predicted octanol–water partition coefficient (Wildman–Crippen LogP) is 13.4.